The molecule has 102 valence electrons. The second-order valence-electron chi connectivity index (χ2n) is 7.30. The first-order valence-electron chi connectivity index (χ1n) is 7.08. The molecule has 0 heterocycles. The zero-order valence-corrected chi connectivity index (χ0v) is 13.3. The SMILES string of the molecule is CC(C)(C)[Si](C)(C)O[C@H]1CC(=O)[C@@H]2CC=CC[C@H]12. The highest BCUT2D eigenvalue weighted by Crippen LogP contribution is 2.44. The standard InChI is InChI=1S/C15H26O2Si/c1-15(2,3)18(4,5)17-14-10-13(16)11-8-6-7-9-12(11)14/h6-7,11-12,14H,8-10H2,1-5H3/t11-,12+,14+/m1/s1. The monoisotopic (exact) mass is 266 g/mol. The summed E-state index contributed by atoms with van der Waals surface area (Å²) >= 11 is 0. The van der Waals surface area contributed by atoms with Crippen LogP contribution < -0.4 is 0 Å². The normalized spacial score (nSPS) is 32.7. The number of rotatable bonds is 2. The quantitative estimate of drug-likeness (QED) is 0.559. The Kier molecular flexibility index (Phi) is 3.58. The smallest absolute Gasteiger partial charge is 0.192 e. The third-order valence-electron chi connectivity index (χ3n) is 5.03. The first-order valence-corrected chi connectivity index (χ1v) is 9.99. The Morgan fingerprint density at radius 1 is 1.22 bits per heavy atom. The molecule has 1 fully saturated rings. The van der Waals surface area contributed by atoms with E-state index in [1.165, 1.54) is 0 Å². The van der Waals surface area contributed by atoms with E-state index in [9.17, 15) is 4.79 Å². The number of ketones is 1. The molecule has 0 amide bonds. The molecular weight excluding hydrogens is 240 g/mol. The van der Waals surface area contributed by atoms with Gasteiger partial charge in [-0.1, -0.05) is 32.9 Å². The lowest BCUT2D eigenvalue weighted by molar-refractivity contribution is -0.121. The van der Waals surface area contributed by atoms with Gasteiger partial charge in [0.25, 0.3) is 0 Å². The Balaban J connectivity index is 2.11. The van der Waals surface area contributed by atoms with E-state index < -0.39 is 8.32 Å². The molecule has 2 aliphatic rings. The van der Waals surface area contributed by atoms with Crippen molar-refractivity contribution in [1.82, 2.24) is 0 Å². The summed E-state index contributed by atoms with van der Waals surface area (Å²) in [6.07, 6.45) is 7.16. The fraction of sp³-hybridized carbons (Fsp3) is 0.800. The molecule has 3 heteroatoms. The van der Waals surface area contributed by atoms with Crippen molar-refractivity contribution in [2.75, 3.05) is 0 Å². The van der Waals surface area contributed by atoms with Gasteiger partial charge in [0.15, 0.2) is 8.32 Å². The number of fused-ring (bicyclic) bond motifs is 1. The van der Waals surface area contributed by atoms with Crippen LogP contribution in [0.5, 0.6) is 0 Å². The van der Waals surface area contributed by atoms with Crippen LogP contribution in [0.1, 0.15) is 40.0 Å². The molecule has 3 atom stereocenters. The van der Waals surface area contributed by atoms with Gasteiger partial charge in [0.05, 0.1) is 6.10 Å². The maximum Gasteiger partial charge on any atom is 0.192 e. The van der Waals surface area contributed by atoms with E-state index in [2.05, 4.69) is 46.0 Å². The predicted molar refractivity (Wildman–Crippen MR) is 77.0 cm³/mol. The van der Waals surface area contributed by atoms with E-state index in [0.29, 0.717) is 18.1 Å². The van der Waals surface area contributed by atoms with Crippen molar-refractivity contribution in [3.63, 3.8) is 0 Å². The zero-order valence-electron chi connectivity index (χ0n) is 12.3. The highest BCUT2D eigenvalue weighted by atomic mass is 28.4. The maximum atomic E-state index is 12.1. The van der Waals surface area contributed by atoms with Gasteiger partial charge < -0.3 is 4.43 Å². The van der Waals surface area contributed by atoms with Crippen LogP contribution in [0.4, 0.5) is 0 Å². The fourth-order valence-electron chi connectivity index (χ4n) is 2.80. The third kappa shape index (κ3) is 2.48. The van der Waals surface area contributed by atoms with Crippen LogP contribution in [0.25, 0.3) is 0 Å². The molecule has 2 aliphatic carbocycles. The lowest BCUT2D eigenvalue weighted by Crippen LogP contribution is -2.45. The van der Waals surface area contributed by atoms with Crippen LogP contribution in [-0.4, -0.2) is 20.2 Å². The summed E-state index contributed by atoms with van der Waals surface area (Å²) in [4.78, 5) is 12.1. The molecule has 0 spiro atoms. The molecule has 0 saturated heterocycles. The second kappa shape index (κ2) is 4.60. The molecule has 0 bridgehead atoms. The van der Waals surface area contributed by atoms with Crippen LogP contribution in [-0.2, 0) is 9.22 Å². The molecule has 0 unspecified atom stereocenters. The summed E-state index contributed by atoms with van der Waals surface area (Å²) in [7, 11) is -1.75. The molecule has 1 saturated carbocycles. The summed E-state index contributed by atoms with van der Waals surface area (Å²) in [6, 6.07) is 0. The van der Waals surface area contributed by atoms with E-state index in [-0.39, 0.29) is 17.1 Å². The lowest BCUT2D eigenvalue weighted by Gasteiger charge is -2.40. The number of allylic oxidation sites excluding steroid dienone is 2. The largest absolute Gasteiger partial charge is 0.413 e. The van der Waals surface area contributed by atoms with E-state index in [0.717, 1.165) is 12.8 Å². The molecule has 0 aliphatic heterocycles. The van der Waals surface area contributed by atoms with E-state index in [1.807, 2.05) is 0 Å². The minimum Gasteiger partial charge on any atom is -0.413 e. The van der Waals surface area contributed by atoms with E-state index >= 15 is 0 Å². The van der Waals surface area contributed by atoms with E-state index in [1.54, 1.807) is 0 Å². The maximum absolute atomic E-state index is 12.1. The molecule has 0 aromatic heterocycles. The lowest BCUT2D eigenvalue weighted by atomic mass is 9.85. The van der Waals surface area contributed by atoms with E-state index in [4.69, 9.17) is 4.43 Å². The van der Waals surface area contributed by atoms with Crippen molar-refractivity contribution in [1.29, 1.82) is 0 Å². The van der Waals surface area contributed by atoms with Crippen LogP contribution in [0.2, 0.25) is 18.1 Å². The number of carbonyl (C=O) groups excluding carboxylic acids is 1. The highest BCUT2D eigenvalue weighted by Gasteiger charge is 2.47. The van der Waals surface area contributed by atoms with Crippen LogP contribution in [0, 0.1) is 11.8 Å². The Hall–Kier alpha value is -0.413. The van der Waals surface area contributed by atoms with Gasteiger partial charge in [-0.15, -0.1) is 0 Å². The van der Waals surface area contributed by atoms with Crippen molar-refractivity contribution in [3.05, 3.63) is 12.2 Å². The highest BCUT2D eigenvalue weighted by molar-refractivity contribution is 6.74. The molecule has 0 N–H and O–H groups in total. The van der Waals surface area contributed by atoms with Crippen molar-refractivity contribution >= 4 is 14.1 Å². The van der Waals surface area contributed by atoms with Gasteiger partial charge in [-0.05, 0) is 36.9 Å². The third-order valence-corrected chi connectivity index (χ3v) is 9.53. The minimum absolute atomic E-state index is 0.174. The molecule has 0 aromatic rings. The summed E-state index contributed by atoms with van der Waals surface area (Å²) in [5, 5.41) is 0.221. The minimum atomic E-state index is -1.75. The average Bonchev–Trinajstić information content (AvgIpc) is 2.55. The Labute approximate surface area is 112 Å². The average molecular weight is 266 g/mol. The first kappa shape index (κ1) is 14.0. The Morgan fingerprint density at radius 3 is 2.44 bits per heavy atom. The van der Waals surface area contributed by atoms with Gasteiger partial charge >= 0.3 is 0 Å². The Bertz CT molecular complexity index is 365. The van der Waals surface area contributed by atoms with Gasteiger partial charge in [0, 0.05) is 12.3 Å². The van der Waals surface area contributed by atoms with Crippen molar-refractivity contribution in [3.8, 4) is 0 Å². The fourth-order valence-corrected chi connectivity index (χ4v) is 4.17. The molecular formula is C15H26O2Si. The van der Waals surface area contributed by atoms with Crippen molar-refractivity contribution in [2.45, 2.75) is 64.3 Å². The zero-order chi connectivity index (χ0) is 13.6. The number of hydrogen-bond acceptors (Lipinski definition) is 2. The van der Waals surface area contributed by atoms with Gasteiger partial charge in [0.1, 0.15) is 5.78 Å². The van der Waals surface area contributed by atoms with Crippen LogP contribution >= 0.6 is 0 Å². The first-order chi connectivity index (χ1) is 8.22. The predicted octanol–water partition coefficient (Wildman–Crippen LogP) is 3.93. The van der Waals surface area contributed by atoms with Crippen molar-refractivity contribution < 1.29 is 9.22 Å². The summed E-state index contributed by atoms with van der Waals surface area (Å²) in [5.74, 6) is 1.11. The molecule has 18 heavy (non-hydrogen) atoms. The Morgan fingerprint density at radius 2 is 1.83 bits per heavy atom. The van der Waals surface area contributed by atoms with Gasteiger partial charge in [-0.2, -0.15) is 0 Å². The number of Topliss-reactive ketones (excluding diaryl/α,β-unsaturated/α-hetero) is 1. The van der Waals surface area contributed by atoms with Gasteiger partial charge in [-0.3, -0.25) is 4.79 Å². The summed E-state index contributed by atoms with van der Waals surface area (Å²) < 4.78 is 6.49. The number of hydrogen-bond donors (Lipinski definition) is 0. The topological polar surface area (TPSA) is 26.3 Å². The summed E-state index contributed by atoms with van der Waals surface area (Å²) in [6.45, 7) is 11.3. The summed E-state index contributed by atoms with van der Waals surface area (Å²) in [5.41, 5.74) is 0. The molecule has 0 aromatic carbocycles. The molecule has 0 radical (unpaired) electrons. The van der Waals surface area contributed by atoms with Gasteiger partial charge in [0.2, 0.25) is 0 Å². The van der Waals surface area contributed by atoms with Crippen LogP contribution in [0.3, 0.4) is 0 Å². The van der Waals surface area contributed by atoms with Gasteiger partial charge in [-0.25, -0.2) is 0 Å². The number of carbonyl (C=O) groups is 1. The van der Waals surface area contributed by atoms with Crippen molar-refractivity contribution in [2.24, 2.45) is 11.8 Å². The molecule has 2 rings (SSSR count). The second-order valence-corrected chi connectivity index (χ2v) is 12.1. The van der Waals surface area contributed by atoms with Crippen LogP contribution in [0.15, 0.2) is 12.2 Å². The molecule has 2 nitrogen and oxygen atoms in total.